The fourth-order valence-corrected chi connectivity index (χ4v) is 1.31. The smallest absolute Gasteiger partial charge is 0.211 e. The third kappa shape index (κ3) is 0.942. The van der Waals surface area contributed by atoms with E-state index in [1.165, 1.54) is 0 Å². The van der Waals surface area contributed by atoms with E-state index in [2.05, 4.69) is 16.9 Å². The molecule has 0 saturated carbocycles. The number of aromatic nitrogens is 2. The minimum absolute atomic E-state index is 0.0804. The number of aromatic amines is 1. The molecule has 0 amide bonds. The molecule has 0 saturated heterocycles. The molecule has 62 valence electrons. The number of aryl methyl sites for hydroxylation is 1. The van der Waals surface area contributed by atoms with Gasteiger partial charge in [0.05, 0.1) is 11.0 Å². The molecule has 0 spiro atoms. The first-order valence-corrected chi connectivity index (χ1v) is 3.97. The summed E-state index contributed by atoms with van der Waals surface area (Å²) in [7, 11) is 0. The summed E-state index contributed by atoms with van der Waals surface area (Å²) >= 11 is 0. The molecule has 3 nitrogen and oxygen atoms in total. The van der Waals surface area contributed by atoms with Crippen molar-refractivity contribution in [3.8, 4) is 5.88 Å². The number of hydrogen-bond donors (Lipinski definition) is 2. The van der Waals surface area contributed by atoms with Gasteiger partial charge in [0, 0.05) is 12.3 Å². The fourth-order valence-electron chi connectivity index (χ4n) is 1.31. The summed E-state index contributed by atoms with van der Waals surface area (Å²) in [6.45, 7) is 2.06. The molecule has 0 bridgehead atoms. The van der Waals surface area contributed by atoms with Crippen molar-refractivity contribution >= 4 is 11.0 Å². The average Bonchev–Trinajstić information content (AvgIpc) is 2.46. The second-order valence-corrected chi connectivity index (χ2v) is 2.73. The Kier molecular flexibility index (Phi) is 1.50. The number of fused-ring (bicyclic) bond motifs is 1. The summed E-state index contributed by atoms with van der Waals surface area (Å²) in [5.74, 6) is 0.0804. The van der Waals surface area contributed by atoms with Gasteiger partial charge < -0.3 is 10.1 Å². The van der Waals surface area contributed by atoms with Gasteiger partial charge in [0.15, 0.2) is 0 Å². The summed E-state index contributed by atoms with van der Waals surface area (Å²) < 4.78 is 0. The fraction of sp³-hybridized carbons (Fsp3) is 0.222. The molecule has 0 radical (unpaired) electrons. The van der Waals surface area contributed by atoms with Gasteiger partial charge in [-0.15, -0.1) is 0 Å². The van der Waals surface area contributed by atoms with E-state index in [0.717, 1.165) is 23.0 Å². The second-order valence-electron chi connectivity index (χ2n) is 2.73. The molecule has 0 fully saturated rings. The van der Waals surface area contributed by atoms with E-state index < -0.39 is 0 Å². The van der Waals surface area contributed by atoms with Crippen molar-refractivity contribution in [1.82, 2.24) is 9.97 Å². The summed E-state index contributed by atoms with van der Waals surface area (Å²) in [4.78, 5) is 7.12. The summed E-state index contributed by atoms with van der Waals surface area (Å²) in [6.07, 6.45) is 2.85. The summed E-state index contributed by atoms with van der Waals surface area (Å²) in [5, 5.41) is 9.14. The second kappa shape index (κ2) is 2.52. The number of H-pyrrole nitrogens is 1. The molecule has 0 aliphatic heterocycles. The topological polar surface area (TPSA) is 48.9 Å². The Labute approximate surface area is 70.1 Å². The van der Waals surface area contributed by atoms with Crippen LogP contribution in [0.25, 0.3) is 11.0 Å². The normalized spacial score (nSPS) is 10.8. The summed E-state index contributed by atoms with van der Waals surface area (Å²) in [5.41, 5.74) is 2.99. The number of nitrogens with one attached hydrogen (secondary N) is 1. The molecule has 2 heterocycles. The summed E-state index contributed by atoms with van der Waals surface area (Å²) in [6, 6.07) is 3.41. The Morgan fingerprint density at radius 3 is 3.08 bits per heavy atom. The lowest BCUT2D eigenvalue weighted by Gasteiger charge is -1.93. The molecule has 0 atom stereocenters. The standard InChI is InChI=1S/C9H10N2O/c1-2-6-5-10-7-3-4-8(12)11-9(6)7/h3-5,10H,2H2,1H3,(H,11,12). The molecule has 2 aromatic rings. The maximum absolute atomic E-state index is 9.14. The molecule has 0 unspecified atom stereocenters. The van der Waals surface area contributed by atoms with Crippen molar-refractivity contribution in [3.05, 3.63) is 23.9 Å². The molecule has 2 aromatic heterocycles. The Morgan fingerprint density at radius 2 is 2.33 bits per heavy atom. The zero-order chi connectivity index (χ0) is 8.55. The van der Waals surface area contributed by atoms with Crippen molar-refractivity contribution in [1.29, 1.82) is 0 Å². The number of nitrogens with zero attached hydrogens (tertiary/aromatic N) is 1. The molecular weight excluding hydrogens is 152 g/mol. The van der Waals surface area contributed by atoms with Gasteiger partial charge in [-0.3, -0.25) is 0 Å². The maximum Gasteiger partial charge on any atom is 0.211 e. The van der Waals surface area contributed by atoms with Crippen LogP contribution in [-0.2, 0) is 6.42 Å². The molecule has 12 heavy (non-hydrogen) atoms. The van der Waals surface area contributed by atoms with Crippen LogP contribution in [0.1, 0.15) is 12.5 Å². The SMILES string of the molecule is CCc1c[nH]c2ccc(O)nc12. The quantitative estimate of drug-likeness (QED) is 0.672. The van der Waals surface area contributed by atoms with Crippen molar-refractivity contribution in [3.63, 3.8) is 0 Å². The first kappa shape index (κ1) is 7.16. The zero-order valence-corrected chi connectivity index (χ0v) is 6.83. The number of aromatic hydroxyl groups is 1. The van der Waals surface area contributed by atoms with Gasteiger partial charge in [0.25, 0.3) is 0 Å². The van der Waals surface area contributed by atoms with Gasteiger partial charge in [-0.25, -0.2) is 4.98 Å². The highest BCUT2D eigenvalue weighted by Crippen LogP contribution is 2.18. The van der Waals surface area contributed by atoms with E-state index in [9.17, 15) is 0 Å². The number of hydrogen-bond acceptors (Lipinski definition) is 2. The Bertz CT molecular complexity index is 406. The lowest BCUT2D eigenvalue weighted by Crippen LogP contribution is -1.79. The predicted molar refractivity (Wildman–Crippen MR) is 47.1 cm³/mol. The molecule has 0 aliphatic carbocycles. The van der Waals surface area contributed by atoms with Crippen LogP contribution in [0.2, 0.25) is 0 Å². The van der Waals surface area contributed by atoms with Crippen LogP contribution in [0.15, 0.2) is 18.3 Å². The Balaban J connectivity index is 2.75. The van der Waals surface area contributed by atoms with E-state index >= 15 is 0 Å². The van der Waals surface area contributed by atoms with E-state index in [-0.39, 0.29) is 5.88 Å². The molecule has 0 aliphatic rings. The average molecular weight is 162 g/mol. The molecular formula is C9H10N2O. The van der Waals surface area contributed by atoms with Crippen LogP contribution in [0.5, 0.6) is 5.88 Å². The molecule has 2 N–H and O–H groups in total. The van der Waals surface area contributed by atoms with Crippen LogP contribution < -0.4 is 0 Å². The molecule has 0 aromatic carbocycles. The first-order valence-electron chi connectivity index (χ1n) is 3.97. The van der Waals surface area contributed by atoms with E-state index in [0.29, 0.717) is 0 Å². The van der Waals surface area contributed by atoms with Gasteiger partial charge in [0.2, 0.25) is 5.88 Å². The Hall–Kier alpha value is -1.51. The largest absolute Gasteiger partial charge is 0.493 e. The van der Waals surface area contributed by atoms with Crippen molar-refractivity contribution in [2.45, 2.75) is 13.3 Å². The molecule has 3 heteroatoms. The van der Waals surface area contributed by atoms with Crippen LogP contribution >= 0.6 is 0 Å². The minimum atomic E-state index is 0.0804. The number of rotatable bonds is 1. The van der Waals surface area contributed by atoms with Crippen molar-refractivity contribution in [2.75, 3.05) is 0 Å². The van der Waals surface area contributed by atoms with Crippen LogP contribution in [0, 0.1) is 0 Å². The van der Waals surface area contributed by atoms with Crippen LogP contribution in [-0.4, -0.2) is 15.1 Å². The molecule has 2 rings (SSSR count). The van der Waals surface area contributed by atoms with Gasteiger partial charge in [-0.1, -0.05) is 6.92 Å². The third-order valence-corrected chi connectivity index (χ3v) is 1.97. The lowest BCUT2D eigenvalue weighted by atomic mass is 10.2. The first-order chi connectivity index (χ1) is 5.81. The minimum Gasteiger partial charge on any atom is -0.493 e. The van der Waals surface area contributed by atoms with Gasteiger partial charge in [0.1, 0.15) is 0 Å². The highest BCUT2D eigenvalue weighted by molar-refractivity contribution is 5.79. The van der Waals surface area contributed by atoms with E-state index in [4.69, 9.17) is 5.11 Å². The third-order valence-electron chi connectivity index (χ3n) is 1.97. The van der Waals surface area contributed by atoms with E-state index in [1.54, 1.807) is 6.07 Å². The predicted octanol–water partition coefficient (Wildman–Crippen LogP) is 1.83. The van der Waals surface area contributed by atoms with Gasteiger partial charge in [-0.05, 0) is 18.1 Å². The van der Waals surface area contributed by atoms with E-state index in [1.807, 2.05) is 12.3 Å². The van der Waals surface area contributed by atoms with Crippen molar-refractivity contribution < 1.29 is 5.11 Å². The highest BCUT2D eigenvalue weighted by atomic mass is 16.3. The van der Waals surface area contributed by atoms with Crippen LogP contribution in [0.4, 0.5) is 0 Å². The van der Waals surface area contributed by atoms with Crippen molar-refractivity contribution in [2.24, 2.45) is 0 Å². The lowest BCUT2D eigenvalue weighted by molar-refractivity contribution is 0.456. The maximum atomic E-state index is 9.14. The Morgan fingerprint density at radius 1 is 1.50 bits per heavy atom. The van der Waals surface area contributed by atoms with Crippen LogP contribution in [0.3, 0.4) is 0 Å². The number of pyridine rings is 1. The highest BCUT2D eigenvalue weighted by Gasteiger charge is 2.02. The van der Waals surface area contributed by atoms with Gasteiger partial charge in [-0.2, -0.15) is 0 Å². The monoisotopic (exact) mass is 162 g/mol. The van der Waals surface area contributed by atoms with Gasteiger partial charge >= 0.3 is 0 Å². The zero-order valence-electron chi connectivity index (χ0n) is 6.83.